The molecule has 0 fully saturated rings. The molecule has 0 saturated carbocycles. The molecule has 0 spiro atoms. The minimum Gasteiger partial charge on any atom is -0.491 e. The highest BCUT2D eigenvalue weighted by atomic mass is 35.5. The van der Waals surface area contributed by atoms with Crippen molar-refractivity contribution < 1.29 is 4.74 Å². The summed E-state index contributed by atoms with van der Waals surface area (Å²) < 4.78 is 8.00. The zero-order chi connectivity index (χ0) is 20.8. The number of rotatable bonds is 5. The highest BCUT2D eigenvalue weighted by Crippen LogP contribution is 2.21. The molecular weight excluding hydrogens is 392 g/mol. The number of pyridine rings is 1. The van der Waals surface area contributed by atoms with Crippen LogP contribution >= 0.6 is 11.6 Å². The Bertz CT molecular complexity index is 1170. The van der Waals surface area contributed by atoms with E-state index in [9.17, 15) is 0 Å². The van der Waals surface area contributed by atoms with Crippen LogP contribution in [0.5, 0.6) is 5.75 Å². The molecule has 4 rings (SSSR count). The van der Waals surface area contributed by atoms with Gasteiger partial charge in [-0.1, -0.05) is 35.7 Å². The van der Waals surface area contributed by atoms with Gasteiger partial charge in [-0.05, 0) is 72.5 Å². The Morgan fingerprint density at radius 1 is 0.933 bits per heavy atom. The second-order valence-corrected chi connectivity index (χ2v) is 7.38. The summed E-state index contributed by atoms with van der Waals surface area (Å²) in [6.45, 7) is 3.49. The van der Waals surface area contributed by atoms with Crippen LogP contribution in [0, 0.1) is 18.8 Å². The van der Waals surface area contributed by atoms with Crippen molar-refractivity contribution in [2.45, 2.75) is 13.5 Å². The molecule has 30 heavy (non-hydrogen) atoms. The van der Waals surface area contributed by atoms with Crippen LogP contribution in [-0.2, 0) is 6.54 Å². The van der Waals surface area contributed by atoms with Crippen molar-refractivity contribution >= 4 is 11.6 Å². The van der Waals surface area contributed by atoms with Crippen LogP contribution in [0.2, 0.25) is 5.02 Å². The Hall–Kier alpha value is -3.48. The third-order valence-electron chi connectivity index (χ3n) is 4.72. The van der Waals surface area contributed by atoms with E-state index in [4.69, 9.17) is 16.3 Å². The van der Waals surface area contributed by atoms with Crippen molar-refractivity contribution in [2.24, 2.45) is 0 Å². The molecule has 4 heteroatoms. The fourth-order valence-electron chi connectivity index (χ4n) is 3.09. The maximum atomic E-state index is 5.95. The zero-order valence-electron chi connectivity index (χ0n) is 16.7. The van der Waals surface area contributed by atoms with Crippen LogP contribution in [0.3, 0.4) is 0 Å². The molecule has 0 unspecified atom stereocenters. The first kappa shape index (κ1) is 19.8. The van der Waals surface area contributed by atoms with Gasteiger partial charge >= 0.3 is 0 Å². The van der Waals surface area contributed by atoms with Crippen LogP contribution in [0.25, 0.3) is 11.1 Å². The van der Waals surface area contributed by atoms with E-state index in [1.165, 1.54) is 0 Å². The van der Waals surface area contributed by atoms with E-state index in [2.05, 4.69) is 21.4 Å². The van der Waals surface area contributed by atoms with E-state index in [0.29, 0.717) is 6.61 Å². The second-order valence-electron chi connectivity index (χ2n) is 6.94. The molecule has 2 aromatic carbocycles. The smallest absolute Gasteiger partial charge is 0.122 e. The second kappa shape index (κ2) is 9.35. The van der Waals surface area contributed by atoms with Crippen molar-refractivity contribution in [3.05, 3.63) is 107 Å². The number of aryl methyl sites for hydroxylation is 1. The molecule has 2 heterocycles. The molecule has 4 aromatic rings. The van der Waals surface area contributed by atoms with Crippen LogP contribution in [0.15, 0.2) is 85.3 Å². The van der Waals surface area contributed by atoms with Crippen molar-refractivity contribution in [3.8, 4) is 28.7 Å². The summed E-state index contributed by atoms with van der Waals surface area (Å²) in [5, 5.41) is 0.724. The molecular formula is C26H21ClN2O. The Morgan fingerprint density at radius 3 is 2.40 bits per heavy atom. The number of benzene rings is 2. The van der Waals surface area contributed by atoms with Gasteiger partial charge in [0.15, 0.2) is 0 Å². The van der Waals surface area contributed by atoms with Gasteiger partial charge in [0.1, 0.15) is 18.1 Å². The Labute approximate surface area is 181 Å². The quantitative estimate of drug-likeness (QED) is 0.376. The summed E-state index contributed by atoms with van der Waals surface area (Å²) in [7, 11) is 0. The number of hydrogen-bond donors (Lipinski definition) is 0. The molecule has 0 atom stereocenters. The van der Waals surface area contributed by atoms with Gasteiger partial charge in [-0.2, -0.15) is 0 Å². The summed E-state index contributed by atoms with van der Waals surface area (Å²) in [5.41, 5.74) is 4.86. The fraction of sp³-hybridized carbons (Fsp3) is 0.115. The molecule has 2 aromatic heterocycles. The maximum absolute atomic E-state index is 5.95. The summed E-state index contributed by atoms with van der Waals surface area (Å²) >= 11 is 5.95. The van der Waals surface area contributed by atoms with Gasteiger partial charge in [0.25, 0.3) is 0 Å². The van der Waals surface area contributed by atoms with E-state index in [0.717, 1.165) is 45.3 Å². The number of ether oxygens (including phenoxy) is 1. The van der Waals surface area contributed by atoms with E-state index in [1.807, 2.05) is 92.2 Å². The fourth-order valence-corrected chi connectivity index (χ4v) is 3.21. The number of aromatic nitrogens is 2. The molecule has 0 amide bonds. The van der Waals surface area contributed by atoms with E-state index in [1.54, 1.807) is 0 Å². The lowest BCUT2D eigenvalue weighted by Gasteiger charge is -2.10. The summed E-state index contributed by atoms with van der Waals surface area (Å²) in [5.74, 6) is 7.20. The normalized spacial score (nSPS) is 10.3. The third kappa shape index (κ3) is 5.11. The lowest BCUT2D eigenvalue weighted by atomic mass is 10.1. The van der Waals surface area contributed by atoms with Gasteiger partial charge in [0.2, 0.25) is 0 Å². The first-order chi connectivity index (χ1) is 14.7. The zero-order valence-corrected chi connectivity index (χ0v) is 17.4. The lowest BCUT2D eigenvalue weighted by molar-refractivity contribution is 0.296. The largest absolute Gasteiger partial charge is 0.491 e. The minimum absolute atomic E-state index is 0.629. The minimum atomic E-state index is 0.629. The van der Waals surface area contributed by atoms with Gasteiger partial charge in [-0.25, -0.2) is 4.98 Å². The predicted octanol–water partition coefficient (Wildman–Crippen LogP) is 5.99. The monoisotopic (exact) mass is 412 g/mol. The molecule has 0 aliphatic rings. The van der Waals surface area contributed by atoms with Gasteiger partial charge in [0.05, 0.1) is 6.54 Å². The molecule has 0 aliphatic carbocycles. The maximum Gasteiger partial charge on any atom is 0.122 e. The van der Waals surface area contributed by atoms with E-state index in [-0.39, 0.29) is 0 Å². The number of nitrogens with zero attached hydrogens (tertiary/aromatic N) is 2. The summed E-state index contributed by atoms with van der Waals surface area (Å²) in [6, 6.07) is 21.7. The topological polar surface area (TPSA) is 27.1 Å². The van der Waals surface area contributed by atoms with E-state index >= 15 is 0 Å². The Morgan fingerprint density at radius 2 is 1.70 bits per heavy atom. The molecule has 0 saturated heterocycles. The average molecular weight is 413 g/mol. The van der Waals surface area contributed by atoms with Gasteiger partial charge in [-0.3, -0.25) is 0 Å². The van der Waals surface area contributed by atoms with Crippen LogP contribution in [0.1, 0.15) is 16.8 Å². The first-order valence-electron chi connectivity index (χ1n) is 9.75. The average Bonchev–Trinajstić information content (AvgIpc) is 3.28. The number of halogens is 1. The summed E-state index contributed by atoms with van der Waals surface area (Å²) in [4.78, 5) is 4.46. The van der Waals surface area contributed by atoms with Crippen LogP contribution < -0.4 is 4.74 Å². The third-order valence-corrected chi connectivity index (χ3v) is 4.98. The Balaban J connectivity index is 1.39. The molecule has 0 aliphatic heterocycles. The van der Waals surface area contributed by atoms with Gasteiger partial charge < -0.3 is 9.30 Å². The number of hydrogen-bond acceptors (Lipinski definition) is 2. The summed E-state index contributed by atoms with van der Waals surface area (Å²) in [6.07, 6.45) is 5.90. The van der Waals surface area contributed by atoms with Crippen molar-refractivity contribution in [1.29, 1.82) is 0 Å². The lowest BCUT2D eigenvalue weighted by Crippen LogP contribution is -2.07. The molecule has 0 radical (unpaired) electrons. The Kier molecular flexibility index (Phi) is 6.17. The molecule has 0 bridgehead atoms. The van der Waals surface area contributed by atoms with Gasteiger partial charge in [0, 0.05) is 34.7 Å². The SMILES string of the molecule is Cc1cc(C#Cc2ccc(-c3ccc(Cl)cc3)cn2)ccc1OCCn1cccc1. The van der Waals surface area contributed by atoms with Gasteiger partial charge in [-0.15, -0.1) is 0 Å². The van der Waals surface area contributed by atoms with Crippen molar-refractivity contribution in [3.63, 3.8) is 0 Å². The van der Waals surface area contributed by atoms with E-state index < -0.39 is 0 Å². The van der Waals surface area contributed by atoms with Crippen LogP contribution in [-0.4, -0.2) is 16.2 Å². The highest BCUT2D eigenvalue weighted by Gasteiger charge is 2.01. The molecule has 148 valence electrons. The van der Waals surface area contributed by atoms with Crippen molar-refractivity contribution in [2.75, 3.05) is 6.61 Å². The molecule has 3 nitrogen and oxygen atoms in total. The molecule has 0 N–H and O–H groups in total. The standard InChI is InChI=1S/C26H21ClN2O/c1-20-18-21(5-13-26(20)30-17-16-29-14-2-3-15-29)4-11-25-12-8-23(19-28-25)22-6-9-24(27)10-7-22/h2-3,5-10,12-15,18-19H,16-17H2,1H3. The van der Waals surface area contributed by atoms with Crippen molar-refractivity contribution in [1.82, 2.24) is 9.55 Å². The predicted molar refractivity (Wildman–Crippen MR) is 122 cm³/mol. The highest BCUT2D eigenvalue weighted by molar-refractivity contribution is 6.30. The first-order valence-corrected chi connectivity index (χ1v) is 10.1. The van der Waals surface area contributed by atoms with Crippen LogP contribution in [0.4, 0.5) is 0 Å².